The Morgan fingerprint density at radius 2 is 1.93 bits per heavy atom. The van der Waals surface area contributed by atoms with Crippen molar-refractivity contribution in [3.8, 4) is 0 Å². The van der Waals surface area contributed by atoms with Crippen LogP contribution in [-0.2, 0) is 0 Å². The van der Waals surface area contributed by atoms with Crippen molar-refractivity contribution < 1.29 is 0 Å². The Morgan fingerprint density at radius 1 is 1.21 bits per heavy atom. The van der Waals surface area contributed by atoms with E-state index in [9.17, 15) is 0 Å². The summed E-state index contributed by atoms with van der Waals surface area (Å²) in [5, 5.41) is 3.44. The second kappa shape index (κ2) is 4.63. The smallest absolute Gasteiger partial charge is 0.0125 e. The molecular weight excluding hydrogens is 172 g/mol. The van der Waals surface area contributed by atoms with Gasteiger partial charge in [-0.2, -0.15) is 0 Å². The SMILES string of the molecule is CCC1CCC(N2CCNCC2)C1C. The molecule has 2 nitrogen and oxygen atoms in total. The van der Waals surface area contributed by atoms with Crippen molar-refractivity contribution in [3.05, 3.63) is 0 Å². The zero-order valence-electron chi connectivity index (χ0n) is 9.63. The predicted octanol–water partition coefficient (Wildman–Crippen LogP) is 1.72. The van der Waals surface area contributed by atoms with E-state index < -0.39 is 0 Å². The lowest BCUT2D eigenvalue weighted by Crippen LogP contribution is -2.49. The summed E-state index contributed by atoms with van der Waals surface area (Å²) >= 11 is 0. The van der Waals surface area contributed by atoms with Crippen molar-refractivity contribution in [3.63, 3.8) is 0 Å². The van der Waals surface area contributed by atoms with Gasteiger partial charge in [0, 0.05) is 32.2 Å². The first kappa shape index (κ1) is 10.4. The Labute approximate surface area is 88.1 Å². The summed E-state index contributed by atoms with van der Waals surface area (Å²) in [5.41, 5.74) is 0. The van der Waals surface area contributed by atoms with Crippen LogP contribution in [-0.4, -0.2) is 37.1 Å². The van der Waals surface area contributed by atoms with Gasteiger partial charge in [0.2, 0.25) is 0 Å². The van der Waals surface area contributed by atoms with E-state index >= 15 is 0 Å². The van der Waals surface area contributed by atoms with Crippen LogP contribution in [0.4, 0.5) is 0 Å². The topological polar surface area (TPSA) is 15.3 Å². The van der Waals surface area contributed by atoms with Crippen molar-refractivity contribution in [2.45, 2.75) is 39.2 Å². The van der Waals surface area contributed by atoms with Crippen molar-refractivity contribution in [2.75, 3.05) is 26.2 Å². The Morgan fingerprint density at radius 3 is 2.50 bits per heavy atom. The highest BCUT2D eigenvalue weighted by Crippen LogP contribution is 2.36. The first-order valence-electron chi connectivity index (χ1n) is 6.27. The Bertz CT molecular complexity index is 175. The van der Waals surface area contributed by atoms with Gasteiger partial charge in [0.1, 0.15) is 0 Å². The van der Waals surface area contributed by atoms with Gasteiger partial charge in [0.15, 0.2) is 0 Å². The maximum absolute atomic E-state index is 3.44. The van der Waals surface area contributed by atoms with Gasteiger partial charge in [-0.15, -0.1) is 0 Å². The molecule has 1 aliphatic heterocycles. The molecule has 3 unspecified atom stereocenters. The molecule has 2 heteroatoms. The van der Waals surface area contributed by atoms with Crippen molar-refractivity contribution >= 4 is 0 Å². The van der Waals surface area contributed by atoms with Crippen LogP contribution in [0.3, 0.4) is 0 Å². The minimum absolute atomic E-state index is 0.891. The molecule has 1 saturated heterocycles. The van der Waals surface area contributed by atoms with Crippen LogP contribution < -0.4 is 5.32 Å². The lowest BCUT2D eigenvalue weighted by Gasteiger charge is -2.35. The van der Waals surface area contributed by atoms with Crippen molar-refractivity contribution in [1.29, 1.82) is 0 Å². The molecule has 0 aromatic rings. The molecule has 82 valence electrons. The minimum atomic E-state index is 0.891. The van der Waals surface area contributed by atoms with E-state index in [1.807, 2.05) is 0 Å². The predicted molar refractivity (Wildman–Crippen MR) is 60.4 cm³/mol. The summed E-state index contributed by atoms with van der Waals surface area (Å²) in [4.78, 5) is 2.72. The molecule has 0 spiro atoms. The molecular formula is C12H24N2. The fraction of sp³-hybridized carbons (Fsp3) is 1.00. The van der Waals surface area contributed by atoms with Gasteiger partial charge < -0.3 is 5.32 Å². The van der Waals surface area contributed by atoms with Crippen LogP contribution in [0.2, 0.25) is 0 Å². The van der Waals surface area contributed by atoms with E-state index in [1.165, 1.54) is 45.4 Å². The van der Waals surface area contributed by atoms with E-state index in [0.717, 1.165) is 17.9 Å². The zero-order valence-corrected chi connectivity index (χ0v) is 9.63. The molecule has 1 heterocycles. The number of nitrogens with one attached hydrogen (secondary N) is 1. The van der Waals surface area contributed by atoms with E-state index in [-0.39, 0.29) is 0 Å². The number of nitrogens with zero attached hydrogens (tertiary/aromatic N) is 1. The molecule has 2 rings (SSSR count). The Hall–Kier alpha value is -0.0800. The number of hydrogen-bond donors (Lipinski definition) is 1. The lowest BCUT2D eigenvalue weighted by atomic mass is 9.93. The van der Waals surface area contributed by atoms with E-state index in [0.29, 0.717) is 0 Å². The third kappa shape index (κ3) is 1.96. The average Bonchev–Trinajstić information content (AvgIpc) is 2.61. The summed E-state index contributed by atoms with van der Waals surface area (Å²) in [6, 6.07) is 0.891. The monoisotopic (exact) mass is 196 g/mol. The third-order valence-electron chi connectivity index (χ3n) is 4.33. The average molecular weight is 196 g/mol. The normalized spacial score (nSPS) is 40.3. The van der Waals surface area contributed by atoms with E-state index in [2.05, 4.69) is 24.1 Å². The first-order valence-corrected chi connectivity index (χ1v) is 6.27. The molecule has 0 amide bonds. The molecule has 1 aliphatic carbocycles. The molecule has 0 radical (unpaired) electrons. The van der Waals surface area contributed by atoms with Gasteiger partial charge in [-0.3, -0.25) is 4.90 Å². The van der Waals surface area contributed by atoms with Crippen LogP contribution >= 0.6 is 0 Å². The van der Waals surface area contributed by atoms with Crippen molar-refractivity contribution in [2.24, 2.45) is 11.8 Å². The largest absolute Gasteiger partial charge is 0.314 e. The number of hydrogen-bond acceptors (Lipinski definition) is 2. The summed E-state index contributed by atoms with van der Waals surface area (Å²) in [7, 11) is 0. The molecule has 0 aromatic heterocycles. The van der Waals surface area contributed by atoms with E-state index in [4.69, 9.17) is 0 Å². The molecule has 0 bridgehead atoms. The van der Waals surface area contributed by atoms with Crippen LogP contribution in [0.1, 0.15) is 33.1 Å². The van der Waals surface area contributed by atoms with Crippen molar-refractivity contribution in [1.82, 2.24) is 10.2 Å². The highest BCUT2D eigenvalue weighted by molar-refractivity contribution is 4.89. The Kier molecular flexibility index (Phi) is 3.45. The van der Waals surface area contributed by atoms with Crippen LogP contribution in [0.15, 0.2) is 0 Å². The second-order valence-electron chi connectivity index (χ2n) is 4.96. The second-order valence-corrected chi connectivity index (χ2v) is 4.96. The standard InChI is InChI=1S/C12H24N2/c1-3-11-4-5-12(10(11)2)14-8-6-13-7-9-14/h10-13H,3-9H2,1-2H3. The van der Waals surface area contributed by atoms with Gasteiger partial charge in [-0.1, -0.05) is 20.3 Å². The molecule has 0 aromatic carbocycles. The number of rotatable bonds is 2. The maximum atomic E-state index is 3.44. The quantitative estimate of drug-likeness (QED) is 0.723. The number of piperazine rings is 1. The molecule has 14 heavy (non-hydrogen) atoms. The van der Waals surface area contributed by atoms with E-state index in [1.54, 1.807) is 0 Å². The molecule has 1 saturated carbocycles. The van der Waals surface area contributed by atoms with Gasteiger partial charge in [0.05, 0.1) is 0 Å². The highest BCUT2D eigenvalue weighted by atomic mass is 15.2. The molecule has 2 fully saturated rings. The van der Waals surface area contributed by atoms with Crippen LogP contribution in [0, 0.1) is 11.8 Å². The van der Waals surface area contributed by atoms with Gasteiger partial charge >= 0.3 is 0 Å². The first-order chi connectivity index (χ1) is 6.83. The minimum Gasteiger partial charge on any atom is -0.314 e. The fourth-order valence-electron chi connectivity index (χ4n) is 3.33. The zero-order chi connectivity index (χ0) is 9.97. The lowest BCUT2D eigenvalue weighted by molar-refractivity contribution is 0.136. The fourth-order valence-corrected chi connectivity index (χ4v) is 3.33. The van der Waals surface area contributed by atoms with Gasteiger partial charge in [-0.05, 0) is 24.7 Å². The molecule has 2 aliphatic rings. The third-order valence-corrected chi connectivity index (χ3v) is 4.33. The maximum Gasteiger partial charge on any atom is 0.0125 e. The summed E-state index contributed by atoms with van der Waals surface area (Å²) in [6.45, 7) is 9.74. The van der Waals surface area contributed by atoms with Crippen LogP contribution in [0.5, 0.6) is 0 Å². The molecule has 3 atom stereocenters. The Balaban J connectivity index is 1.91. The van der Waals surface area contributed by atoms with Gasteiger partial charge in [0.25, 0.3) is 0 Å². The summed E-state index contributed by atoms with van der Waals surface area (Å²) in [5.74, 6) is 1.92. The molecule has 1 N–H and O–H groups in total. The van der Waals surface area contributed by atoms with Crippen LogP contribution in [0.25, 0.3) is 0 Å². The highest BCUT2D eigenvalue weighted by Gasteiger charge is 2.35. The summed E-state index contributed by atoms with van der Waals surface area (Å²) < 4.78 is 0. The summed E-state index contributed by atoms with van der Waals surface area (Å²) in [6.07, 6.45) is 4.29. The van der Waals surface area contributed by atoms with Gasteiger partial charge in [-0.25, -0.2) is 0 Å².